The number of carbonyl (C=O) groups excluding carboxylic acids is 1. The monoisotopic (exact) mass is 396 g/mol. The molecule has 1 aliphatic rings. The Morgan fingerprint density at radius 1 is 1.30 bits per heavy atom. The van der Waals surface area contributed by atoms with Gasteiger partial charge in [0.1, 0.15) is 10.6 Å². The molecule has 0 spiro atoms. The van der Waals surface area contributed by atoms with Crippen molar-refractivity contribution in [2.75, 3.05) is 13.7 Å². The third-order valence-corrected chi connectivity index (χ3v) is 7.13. The van der Waals surface area contributed by atoms with Crippen LogP contribution in [-0.4, -0.2) is 44.4 Å². The minimum atomic E-state index is -3.86. The topological polar surface area (TPSA) is 75.7 Å². The summed E-state index contributed by atoms with van der Waals surface area (Å²) in [6, 6.07) is 4.97. The van der Waals surface area contributed by atoms with E-state index in [0.29, 0.717) is 5.75 Å². The Morgan fingerprint density at radius 2 is 1.96 bits per heavy atom. The lowest BCUT2D eigenvalue weighted by Gasteiger charge is -2.33. The van der Waals surface area contributed by atoms with Gasteiger partial charge in [-0.3, -0.25) is 4.79 Å². The van der Waals surface area contributed by atoms with E-state index in [1.807, 2.05) is 26.8 Å². The molecule has 6 nitrogen and oxygen atoms in total. The van der Waals surface area contributed by atoms with Crippen LogP contribution >= 0.6 is 0 Å². The maximum atomic E-state index is 13.5. The maximum absolute atomic E-state index is 13.5. The fraction of sp³-hybridized carbons (Fsp3) is 0.650. The second-order valence-electron chi connectivity index (χ2n) is 7.37. The molecule has 1 saturated carbocycles. The third-order valence-electron chi connectivity index (χ3n) is 5.21. The van der Waals surface area contributed by atoms with E-state index in [0.717, 1.165) is 44.1 Å². The highest BCUT2D eigenvalue weighted by atomic mass is 32.2. The van der Waals surface area contributed by atoms with Crippen molar-refractivity contribution >= 4 is 15.9 Å². The van der Waals surface area contributed by atoms with Crippen molar-refractivity contribution in [2.24, 2.45) is 0 Å². The van der Waals surface area contributed by atoms with Crippen LogP contribution in [0.3, 0.4) is 0 Å². The van der Waals surface area contributed by atoms with Crippen molar-refractivity contribution in [2.45, 2.75) is 76.3 Å². The first-order valence-corrected chi connectivity index (χ1v) is 11.2. The fourth-order valence-electron chi connectivity index (χ4n) is 3.46. The molecule has 0 saturated heterocycles. The summed E-state index contributed by atoms with van der Waals surface area (Å²) in [4.78, 5) is 12.6. The van der Waals surface area contributed by atoms with E-state index in [-0.39, 0.29) is 29.4 Å². The molecule has 1 fully saturated rings. The lowest BCUT2D eigenvalue weighted by Crippen LogP contribution is -2.48. The van der Waals surface area contributed by atoms with Gasteiger partial charge in [0, 0.05) is 12.1 Å². The normalized spacial score (nSPS) is 16.9. The Hall–Kier alpha value is -1.60. The average molecular weight is 397 g/mol. The van der Waals surface area contributed by atoms with Crippen LogP contribution in [-0.2, 0) is 14.8 Å². The number of methoxy groups -OCH3 is 1. The van der Waals surface area contributed by atoms with Crippen molar-refractivity contribution in [3.63, 3.8) is 0 Å². The number of hydrogen-bond donors (Lipinski definition) is 1. The van der Waals surface area contributed by atoms with Crippen LogP contribution in [0.2, 0.25) is 0 Å². The van der Waals surface area contributed by atoms with E-state index < -0.39 is 10.0 Å². The summed E-state index contributed by atoms with van der Waals surface area (Å²) in [6.45, 7) is 5.59. The van der Waals surface area contributed by atoms with E-state index >= 15 is 0 Å². The van der Waals surface area contributed by atoms with Crippen molar-refractivity contribution in [3.8, 4) is 5.75 Å². The zero-order valence-electron chi connectivity index (χ0n) is 16.8. The van der Waals surface area contributed by atoms with E-state index in [2.05, 4.69) is 5.32 Å². The second kappa shape index (κ2) is 9.55. The molecule has 1 N–H and O–H groups in total. The molecule has 1 atom stereocenters. The molecular weight excluding hydrogens is 364 g/mol. The fourth-order valence-corrected chi connectivity index (χ4v) is 5.34. The summed E-state index contributed by atoms with van der Waals surface area (Å²) in [5.74, 6) is 0.0499. The molecule has 0 radical (unpaired) electrons. The predicted molar refractivity (Wildman–Crippen MR) is 106 cm³/mol. The number of carbonyl (C=O) groups is 1. The summed E-state index contributed by atoms with van der Waals surface area (Å²) in [5, 5.41) is 2.89. The highest BCUT2D eigenvalue weighted by Gasteiger charge is 2.35. The number of hydrogen-bond acceptors (Lipinski definition) is 4. The molecule has 1 aromatic rings. The van der Waals surface area contributed by atoms with Gasteiger partial charge in [0.05, 0.1) is 13.7 Å². The number of amides is 1. The van der Waals surface area contributed by atoms with Crippen LogP contribution < -0.4 is 10.1 Å². The molecule has 1 aliphatic carbocycles. The van der Waals surface area contributed by atoms with Gasteiger partial charge < -0.3 is 10.1 Å². The average Bonchev–Trinajstić information content (AvgIpc) is 2.66. The first kappa shape index (κ1) is 21.7. The largest absolute Gasteiger partial charge is 0.495 e. The first-order valence-electron chi connectivity index (χ1n) is 9.75. The lowest BCUT2D eigenvalue weighted by molar-refractivity contribution is -0.122. The highest BCUT2D eigenvalue weighted by Crippen LogP contribution is 2.32. The molecule has 0 aromatic heterocycles. The van der Waals surface area contributed by atoms with Crippen LogP contribution in [0, 0.1) is 6.92 Å². The number of rotatable bonds is 8. The van der Waals surface area contributed by atoms with E-state index in [1.54, 1.807) is 12.1 Å². The maximum Gasteiger partial charge on any atom is 0.247 e. The minimum absolute atomic E-state index is 0.0157. The van der Waals surface area contributed by atoms with E-state index in [9.17, 15) is 13.2 Å². The van der Waals surface area contributed by atoms with Crippen LogP contribution in [0.1, 0.15) is 57.9 Å². The number of benzene rings is 1. The van der Waals surface area contributed by atoms with Gasteiger partial charge in [0.15, 0.2) is 0 Å². The second-order valence-corrected chi connectivity index (χ2v) is 9.23. The third kappa shape index (κ3) is 5.45. The quantitative estimate of drug-likeness (QED) is 0.732. The molecule has 152 valence electrons. The molecule has 1 aromatic carbocycles. The van der Waals surface area contributed by atoms with Gasteiger partial charge in [-0.25, -0.2) is 8.42 Å². The van der Waals surface area contributed by atoms with Crippen LogP contribution in [0.5, 0.6) is 5.75 Å². The number of nitrogens with zero attached hydrogens (tertiary/aromatic N) is 1. The molecule has 0 aliphatic heterocycles. The van der Waals surface area contributed by atoms with Crippen LogP contribution in [0.15, 0.2) is 23.1 Å². The van der Waals surface area contributed by atoms with Gasteiger partial charge in [-0.2, -0.15) is 4.31 Å². The molecule has 0 heterocycles. The van der Waals surface area contributed by atoms with Crippen molar-refractivity contribution in [1.29, 1.82) is 0 Å². The number of ether oxygens (including phenoxy) is 1. The SMILES string of the molecule is CC[C@@H](C)NC(=O)CN(C1CCCCC1)S(=O)(=O)c1cc(C)ccc1OC. The molecule has 0 unspecified atom stereocenters. The predicted octanol–water partition coefficient (Wildman–Crippen LogP) is 3.24. The molecule has 2 rings (SSSR count). The van der Waals surface area contributed by atoms with E-state index in [1.165, 1.54) is 11.4 Å². The smallest absolute Gasteiger partial charge is 0.247 e. The number of nitrogens with one attached hydrogen (secondary N) is 1. The minimum Gasteiger partial charge on any atom is -0.495 e. The van der Waals surface area contributed by atoms with Crippen molar-refractivity contribution < 1.29 is 17.9 Å². The Balaban J connectivity index is 2.39. The summed E-state index contributed by atoms with van der Waals surface area (Å²) < 4.78 is 33.7. The van der Waals surface area contributed by atoms with Crippen molar-refractivity contribution in [1.82, 2.24) is 9.62 Å². The molecule has 7 heteroatoms. The Kier molecular flexibility index (Phi) is 7.68. The Labute approximate surface area is 163 Å². The van der Waals surface area contributed by atoms with Gasteiger partial charge in [0.2, 0.25) is 15.9 Å². The summed E-state index contributed by atoms with van der Waals surface area (Å²) in [7, 11) is -2.39. The first-order chi connectivity index (χ1) is 12.8. The van der Waals surface area contributed by atoms with E-state index in [4.69, 9.17) is 4.74 Å². The number of sulfonamides is 1. The summed E-state index contributed by atoms with van der Waals surface area (Å²) >= 11 is 0. The number of aryl methyl sites for hydroxylation is 1. The Bertz CT molecular complexity index is 742. The zero-order chi connectivity index (χ0) is 20.0. The molecular formula is C20H32N2O4S. The highest BCUT2D eigenvalue weighted by molar-refractivity contribution is 7.89. The van der Waals surface area contributed by atoms with Crippen molar-refractivity contribution in [3.05, 3.63) is 23.8 Å². The standard InChI is InChI=1S/C20H32N2O4S/c1-5-16(3)21-20(23)14-22(17-9-7-6-8-10-17)27(24,25)19-13-15(2)11-12-18(19)26-4/h11-13,16-17H,5-10,14H2,1-4H3,(H,21,23)/t16-/m1/s1. The van der Waals surface area contributed by atoms with Gasteiger partial charge in [0.25, 0.3) is 0 Å². The molecule has 1 amide bonds. The lowest BCUT2D eigenvalue weighted by atomic mass is 9.95. The van der Waals surface area contributed by atoms with Gasteiger partial charge in [-0.05, 0) is 50.8 Å². The summed E-state index contributed by atoms with van der Waals surface area (Å²) in [5.41, 5.74) is 0.835. The van der Waals surface area contributed by atoms with Crippen LogP contribution in [0.4, 0.5) is 0 Å². The van der Waals surface area contributed by atoms with Gasteiger partial charge in [-0.15, -0.1) is 0 Å². The molecule has 0 bridgehead atoms. The van der Waals surface area contributed by atoms with Gasteiger partial charge in [-0.1, -0.05) is 32.3 Å². The Morgan fingerprint density at radius 3 is 2.56 bits per heavy atom. The summed E-state index contributed by atoms with van der Waals surface area (Å²) in [6.07, 6.45) is 5.43. The van der Waals surface area contributed by atoms with Gasteiger partial charge >= 0.3 is 0 Å². The molecule has 27 heavy (non-hydrogen) atoms. The van der Waals surface area contributed by atoms with Crippen LogP contribution in [0.25, 0.3) is 0 Å². The zero-order valence-corrected chi connectivity index (χ0v) is 17.6.